The number of ether oxygens (including phenoxy) is 1. The summed E-state index contributed by atoms with van der Waals surface area (Å²) in [6.07, 6.45) is -0.393. The summed E-state index contributed by atoms with van der Waals surface area (Å²) in [5, 5.41) is 10.1. The van der Waals surface area contributed by atoms with Crippen molar-refractivity contribution in [1.29, 1.82) is 0 Å². The average molecular weight is 346 g/mol. The van der Waals surface area contributed by atoms with Crippen molar-refractivity contribution in [3.63, 3.8) is 0 Å². The Morgan fingerprint density at radius 1 is 1.25 bits per heavy atom. The third kappa shape index (κ3) is 11.5. The molecule has 0 aliphatic heterocycles. The Labute approximate surface area is 127 Å². The van der Waals surface area contributed by atoms with Gasteiger partial charge in [0.25, 0.3) is 5.97 Å². The van der Waals surface area contributed by atoms with Gasteiger partial charge in [0.2, 0.25) is 0 Å². The van der Waals surface area contributed by atoms with Crippen molar-refractivity contribution >= 4 is 28.0 Å². The van der Waals surface area contributed by atoms with Crippen LogP contribution in [-0.4, -0.2) is 22.8 Å². The molecule has 0 unspecified atom stereocenters. The quantitative estimate of drug-likeness (QED) is 0.859. The van der Waals surface area contributed by atoms with Crippen molar-refractivity contribution in [3.05, 3.63) is 34.3 Å². The zero-order valence-corrected chi connectivity index (χ0v) is 13.7. The molecule has 6 heteroatoms. The second-order valence-corrected chi connectivity index (χ2v) is 5.92. The highest BCUT2D eigenvalue weighted by molar-refractivity contribution is 9.10. The van der Waals surface area contributed by atoms with E-state index in [9.17, 15) is 4.79 Å². The number of hydrogen-bond donors (Lipinski definition) is 2. The number of amides is 1. The normalized spacial score (nSPS) is 10.1. The predicted molar refractivity (Wildman–Crippen MR) is 80.5 cm³/mol. The predicted octanol–water partition coefficient (Wildman–Crippen LogP) is 3.56. The number of benzene rings is 1. The summed E-state index contributed by atoms with van der Waals surface area (Å²) in [6, 6.07) is 7.76. The molecule has 5 nitrogen and oxygen atoms in total. The molecule has 0 saturated heterocycles. The summed E-state index contributed by atoms with van der Waals surface area (Å²) in [7, 11) is 0. The number of carboxylic acids is 1. The fraction of sp³-hybridized carbons (Fsp3) is 0.429. The molecule has 0 spiro atoms. The molecule has 0 bridgehead atoms. The van der Waals surface area contributed by atoms with Crippen molar-refractivity contribution in [2.75, 3.05) is 0 Å². The van der Waals surface area contributed by atoms with Crippen LogP contribution < -0.4 is 5.32 Å². The number of carbonyl (C=O) groups is 2. The van der Waals surface area contributed by atoms with Gasteiger partial charge in [-0.3, -0.25) is 4.79 Å². The van der Waals surface area contributed by atoms with Gasteiger partial charge < -0.3 is 15.2 Å². The summed E-state index contributed by atoms with van der Waals surface area (Å²) in [6.45, 7) is 7.08. The van der Waals surface area contributed by atoms with E-state index < -0.39 is 17.7 Å². The van der Waals surface area contributed by atoms with Crippen molar-refractivity contribution in [2.45, 2.75) is 39.8 Å². The van der Waals surface area contributed by atoms with Crippen LogP contribution in [0.4, 0.5) is 4.79 Å². The molecule has 0 saturated carbocycles. The van der Waals surface area contributed by atoms with Crippen LogP contribution >= 0.6 is 15.9 Å². The molecule has 0 heterocycles. The molecule has 112 valence electrons. The molecular formula is C14H20BrNO4. The first kappa shape index (κ1) is 18.4. The van der Waals surface area contributed by atoms with Gasteiger partial charge in [-0.15, -0.1) is 0 Å². The van der Waals surface area contributed by atoms with E-state index in [0.29, 0.717) is 6.54 Å². The topological polar surface area (TPSA) is 75.6 Å². The van der Waals surface area contributed by atoms with Gasteiger partial charge in [0.15, 0.2) is 0 Å². The maximum atomic E-state index is 11.4. The smallest absolute Gasteiger partial charge is 0.407 e. The average Bonchev–Trinajstić information content (AvgIpc) is 2.25. The number of halogens is 1. The van der Waals surface area contributed by atoms with Gasteiger partial charge in [-0.05, 0) is 38.5 Å². The molecule has 0 atom stereocenters. The third-order valence-corrected chi connectivity index (χ3v) is 2.28. The van der Waals surface area contributed by atoms with Crippen molar-refractivity contribution in [2.24, 2.45) is 0 Å². The van der Waals surface area contributed by atoms with E-state index in [0.717, 1.165) is 17.0 Å². The van der Waals surface area contributed by atoms with Gasteiger partial charge in [0.05, 0.1) is 0 Å². The highest BCUT2D eigenvalue weighted by Crippen LogP contribution is 2.11. The molecule has 2 N–H and O–H groups in total. The van der Waals surface area contributed by atoms with E-state index in [1.807, 2.05) is 45.0 Å². The Balaban J connectivity index is 0.000000796. The number of aliphatic carboxylic acids is 1. The summed E-state index contributed by atoms with van der Waals surface area (Å²) in [4.78, 5) is 20.4. The van der Waals surface area contributed by atoms with E-state index in [-0.39, 0.29) is 0 Å². The fourth-order valence-corrected chi connectivity index (χ4v) is 1.35. The number of carbonyl (C=O) groups excluding carboxylic acids is 1. The second-order valence-electron chi connectivity index (χ2n) is 5.00. The molecule has 1 aromatic rings. The largest absolute Gasteiger partial charge is 0.481 e. The Bertz CT molecular complexity index is 433. The molecular weight excluding hydrogens is 326 g/mol. The zero-order chi connectivity index (χ0) is 15.8. The van der Waals surface area contributed by atoms with Crippen LogP contribution in [0.2, 0.25) is 0 Å². The maximum Gasteiger partial charge on any atom is 0.407 e. The molecule has 0 fully saturated rings. The van der Waals surface area contributed by atoms with Crippen LogP contribution in [0.15, 0.2) is 28.7 Å². The lowest BCUT2D eigenvalue weighted by atomic mass is 10.2. The third-order valence-electron chi connectivity index (χ3n) is 1.75. The lowest BCUT2D eigenvalue weighted by molar-refractivity contribution is -0.134. The summed E-state index contributed by atoms with van der Waals surface area (Å²) >= 11 is 3.35. The summed E-state index contributed by atoms with van der Waals surface area (Å²) in [5.41, 5.74) is 0.582. The number of hydrogen-bond acceptors (Lipinski definition) is 3. The van der Waals surface area contributed by atoms with Crippen molar-refractivity contribution < 1.29 is 19.4 Å². The molecule has 0 aliphatic rings. The van der Waals surface area contributed by atoms with Gasteiger partial charge in [-0.1, -0.05) is 28.1 Å². The van der Waals surface area contributed by atoms with Crippen LogP contribution in [0.1, 0.15) is 33.3 Å². The first-order valence-electron chi connectivity index (χ1n) is 6.01. The number of nitrogens with one attached hydrogen (secondary N) is 1. The molecule has 0 aromatic heterocycles. The summed E-state index contributed by atoms with van der Waals surface area (Å²) < 4.78 is 6.15. The minimum absolute atomic E-state index is 0.393. The van der Waals surface area contributed by atoms with Gasteiger partial charge in [0, 0.05) is 17.9 Å². The highest BCUT2D eigenvalue weighted by atomic mass is 79.9. The van der Waals surface area contributed by atoms with Crippen LogP contribution in [0.25, 0.3) is 0 Å². The molecule has 0 aliphatic carbocycles. The van der Waals surface area contributed by atoms with E-state index in [1.165, 1.54) is 0 Å². The monoisotopic (exact) mass is 345 g/mol. The minimum Gasteiger partial charge on any atom is -0.481 e. The fourth-order valence-electron chi connectivity index (χ4n) is 1.09. The number of alkyl carbamates (subject to hydrolysis) is 1. The minimum atomic E-state index is -0.833. The maximum absolute atomic E-state index is 11.4. The Morgan fingerprint density at radius 2 is 1.70 bits per heavy atom. The van der Waals surface area contributed by atoms with Crippen molar-refractivity contribution in [3.8, 4) is 0 Å². The molecule has 20 heavy (non-hydrogen) atoms. The first-order chi connectivity index (χ1) is 9.10. The SMILES string of the molecule is CC(=O)O.CC(C)(C)OC(=O)NCc1ccc(Br)cc1. The standard InChI is InChI=1S/C12H16BrNO2.C2H4O2/c1-12(2,3)16-11(15)14-8-9-4-6-10(13)7-5-9;1-2(3)4/h4-7H,8H2,1-3H3,(H,14,15);1H3,(H,3,4). The summed E-state index contributed by atoms with van der Waals surface area (Å²) in [5.74, 6) is -0.833. The molecule has 1 rings (SSSR count). The van der Waals surface area contributed by atoms with Gasteiger partial charge in [-0.25, -0.2) is 4.79 Å². The van der Waals surface area contributed by atoms with Crippen LogP contribution in [0, 0.1) is 0 Å². The van der Waals surface area contributed by atoms with E-state index in [4.69, 9.17) is 14.6 Å². The second kappa shape index (κ2) is 8.58. The Kier molecular flexibility index (Phi) is 7.91. The Morgan fingerprint density at radius 3 is 2.10 bits per heavy atom. The zero-order valence-electron chi connectivity index (χ0n) is 12.1. The lowest BCUT2D eigenvalue weighted by Gasteiger charge is -2.19. The first-order valence-corrected chi connectivity index (χ1v) is 6.80. The van der Waals surface area contributed by atoms with Crippen LogP contribution in [-0.2, 0) is 16.1 Å². The number of carboxylic acid groups (broad SMARTS) is 1. The van der Waals surface area contributed by atoms with Gasteiger partial charge in [-0.2, -0.15) is 0 Å². The van der Waals surface area contributed by atoms with E-state index >= 15 is 0 Å². The molecule has 0 radical (unpaired) electrons. The van der Waals surface area contributed by atoms with E-state index in [1.54, 1.807) is 0 Å². The van der Waals surface area contributed by atoms with Crippen LogP contribution in [0.5, 0.6) is 0 Å². The lowest BCUT2D eigenvalue weighted by Crippen LogP contribution is -2.32. The highest BCUT2D eigenvalue weighted by Gasteiger charge is 2.15. The molecule has 1 aromatic carbocycles. The Hall–Kier alpha value is -1.56. The van der Waals surface area contributed by atoms with Crippen molar-refractivity contribution in [1.82, 2.24) is 5.32 Å². The van der Waals surface area contributed by atoms with Gasteiger partial charge in [0.1, 0.15) is 5.60 Å². The molecule has 1 amide bonds. The van der Waals surface area contributed by atoms with Gasteiger partial charge >= 0.3 is 6.09 Å². The van der Waals surface area contributed by atoms with Crippen LogP contribution in [0.3, 0.4) is 0 Å². The van der Waals surface area contributed by atoms with E-state index in [2.05, 4.69) is 21.2 Å². The number of rotatable bonds is 2.